The van der Waals surface area contributed by atoms with Gasteiger partial charge >= 0.3 is 6.61 Å². The Morgan fingerprint density at radius 2 is 1.92 bits per heavy atom. The number of sulfonamides is 1. The molecule has 2 aromatic rings. The first kappa shape index (κ1) is 19.0. The molecule has 0 saturated carbocycles. The van der Waals surface area contributed by atoms with Crippen molar-refractivity contribution in [3.63, 3.8) is 0 Å². The van der Waals surface area contributed by atoms with Crippen LogP contribution < -0.4 is 9.46 Å². The molecule has 0 aliphatic carbocycles. The van der Waals surface area contributed by atoms with Gasteiger partial charge in [0.1, 0.15) is 5.75 Å². The summed E-state index contributed by atoms with van der Waals surface area (Å²) in [6.07, 6.45) is 2.38. The molecule has 1 N–H and O–H groups in total. The Morgan fingerprint density at radius 3 is 2.44 bits per heavy atom. The van der Waals surface area contributed by atoms with E-state index in [1.807, 2.05) is 4.72 Å². The maximum absolute atomic E-state index is 12.2. The SMILES string of the molecule is Cc1nc(C)c(S(=O)(=O)NC(=O)/C=C/c2ccc(OC(F)F)cc2)s1. The van der Waals surface area contributed by atoms with E-state index in [1.165, 1.54) is 30.3 Å². The van der Waals surface area contributed by atoms with Gasteiger partial charge in [-0.05, 0) is 37.6 Å². The average molecular weight is 388 g/mol. The fourth-order valence-electron chi connectivity index (χ4n) is 1.91. The first-order valence-corrected chi connectivity index (χ1v) is 9.21. The van der Waals surface area contributed by atoms with Crippen LogP contribution in [0, 0.1) is 13.8 Å². The summed E-state index contributed by atoms with van der Waals surface area (Å²) < 4.78 is 54.5. The third-order valence-corrected chi connectivity index (χ3v) is 5.90. The van der Waals surface area contributed by atoms with Gasteiger partial charge in [-0.3, -0.25) is 4.79 Å². The lowest BCUT2D eigenvalue weighted by Gasteiger charge is -2.04. The predicted octanol–water partition coefficient (Wildman–Crippen LogP) is 2.88. The minimum atomic E-state index is -3.99. The second-order valence-corrected chi connectivity index (χ2v) is 7.94. The summed E-state index contributed by atoms with van der Waals surface area (Å²) in [5.41, 5.74) is 0.834. The molecular weight excluding hydrogens is 374 g/mol. The number of ether oxygens (including phenoxy) is 1. The van der Waals surface area contributed by atoms with E-state index in [9.17, 15) is 22.0 Å². The summed E-state index contributed by atoms with van der Waals surface area (Å²) >= 11 is 0.971. The van der Waals surface area contributed by atoms with Crippen molar-refractivity contribution in [1.29, 1.82) is 0 Å². The van der Waals surface area contributed by atoms with E-state index in [1.54, 1.807) is 13.8 Å². The predicted molar refractivity (Wildman–Crippen MR) is 89.0 cm³/mol. The van der Waals surface area contributed by atoms with Crippen molar-refractivity contribution in [3.8, 4) is 5.75 Å². The Labute approximate surface area is 147 Å². The van der Waals surface area contributed by atoms with E-state index in [4.69, 9.17) is 0 Å². The van der Waals surface area contributed by atoms with Gasteiger partial charge in [0, 0.05) is 6.08 Å². The molecule has 0 aliphatic rings. The van der Waals surface area contributed by atoms with Crippen LogP contribution in [-0.4, -0.2) is 25.9 Å². The number of hydrogen-bond acceptors (Lipinski definition) is 6. The van der Waals surface area contributed by atoms with Gasteiger partial charge in [-0.2, -0.15) is 8.78 Å². The van der Waals surface area contributed by atoms with Gasteiger partial charge in [-0.15, -0.1) is 11.3 Å². The topological polar surface area (TPSA) is 85.4 Å². The largest absolute Gasteiger partial charge is 0.435 e. The number of hydrogen-bond donors (Lipinski definition) is 1. The molecule has 25 heavy (non-hydrogen) atoms. The van der Waals surface area contributed by atoms with Crippen LogP contribution >= 0.6 is 11.3 Å². The average Bonchev–Trinajstić information content (AvgIpc) is 2.85. The Balaban J connectivity index is 2.04. The van der Waals surface area contributed by atoms with Crippen molar-refractivity contribution < 1.29 is 26.7 Å². The lowest BCUT2D eigenvalue weighted by Crippen LogP contribution is -2.28. The lowest BCUT2D eigenvalue weighted by molar-refractivity contribution is -0.114. The van der Waals surface area contributed by atoms with E-state index in [0.717, 1.165) is 17.4 Å². The second-order valence-electron chi connectivity index (χ2n) is 4.86. The summed E-state index contributed by atoms with van der Waals surface area (Å²) in [5, 5.41) is 0.576. The van der Waals surface area contributed by atoms with E-state index in [0.29, 0.717) is 16.3 Å². The zero-order chi connectivity index (χ0) is 18.6. The van der Waals surface area contributed by atoms with Crippen LogP contribution in [0.2, 0.25) is 0 Å². The van der Waals surface area contributed by atoms with Gasteiger partial charge in [0.2, 0.25) is 0 Å². The maximum Gasteiger partial charge on any atom is 0.387 e. The number of benzene rings is 1. The molecule has 1 aromatic heterocycles. The van der Waals surface area contributed by atoms with Gasteiger partial charge in [0.05, 0.1) is 10.7 Å². The molecule has 1 aromatic carbocycles. The molecule has 0 bridgehead atoms. The van der Waals surface area contributed by atoms with Crippen molar-refractivity contribution in [2.24, 2.45) is 0 Å². The highest BCUT2D eigenvalue weighted by Crippen LogP contribution is 2.22. The third kappa shape index (κ3) is 5.33. The maximum atomic E-state index is 12.2. The molecule has 6 nitrogen and oxygen atoms in total. The molecule has 0 aliphatic heterocycles. The Bertz CT molecular complexity index is 891. The number of halogens is 2. The molecule has 0 radical (unpaired) electrons. The molecule has 0 spiro atoms. The first-order valence-electron chi connectivity index (χ1n) is 6.91. The zero-order valence-corrected chi connectivity index (χ0v) is 14.8. The number of amides is 1. The normalized spacial score (nSPS) is 11.9. The number of nitrogens with zero attached hydrogens (tertiary/aromatic N) is 1. The van der Waals surface area contributed by atoms with Gasteiger partial charge in [-0.25, -0.2) is 18.1 Å². The summed E-state index contributed by atoms with van der Waals surface area (Å²) in [7, 11) is -3.99. The van der Waals surface area contributed by atoms with Crippen LogP contribution in [0.5, 0.6) is 5.75 Å². The summed E-state index contributed by atoms with van der Waals surface area (Å²) in [4.78, 5) is 15.8. The quantitative estimate of drug-likeness (QED) is 0.769. The van der Waals surface area contributed by atoms with Crippen LogP contribution in [0.1, 0.15) is 16.3 Å². The number of alkyl halides is 2. The highest BCUT2D eigenvalue weighted by molar-refractivity contribution is 7.92. The van der Waals surface area contributed by atoms with Crippen LogP contribution in [0.4, 0.5) is 8.78 Å². The fraction of sp³-hybridized carbons (Fsp3) is 0.200. The number of aryl methyl sites for hydroxylation is 2. The van der Waals surface area contributed by atoms with Crippen molar-refractivity contribution in [3.05, 3.63) is 46.6 Å². The van der Waals surface area contributed by atoms with E-state index in [-0.39, 0.29) is 9.96 Å². The molecule has 1 heterocycles. The molecule has 0 saturated heterocycles. The Kier molecular flexibility index (Phi) is 5.85. The Hall–Kier alpha value is -2.33. The number of carbonyl (C=O) groups excluding carboxylic acids is 1. The smallest absolute Gasteiger partial charge is 0.387 e. The molecule has 0 unspecified atom stereocenters. The van der Waals surface area contributed by atoms with Crippen LogP contribution in [-0.2, 0) is 14.8 Å². The highest BCUT2D eigenvalue weighted by Gasteiger charge is 2.22. The van der Waals surface area contributed by atoms with E-state index >= 15 is 0 Å². The van der Waals surface area contributed by atoms with Crippen molar-refractivity contribution in [2.45, 2.75) is 24.7 Å². The molecule has 10 heteroatoms. The van der Waals surface area contributed by atoms with Gasteiger partial charge in [-0.1, -0.05) is 12.1 Å². The number of rotatable bonds is 6. The van der Waals surface area contributed by atoms with Crippen LogP contribution in [0.25, 0.3) is 6.08 Å². The van der Waals surface area contributed by atoms with E-state index < -0.39 is 22.5 Å². The van der Waals surface area contributed by atoms with E-state index in [2.05, 4.69) is 9.72 Å². The lowest BCUT2D eigenvalue weighted by atomic mass is 10.2. The molecule has 0 atom stereocenters. The highest BCUT2D eigenvalue weighted by atomic mass is 32.2. The molecule has 0 fully saturated rings. The van der Waals surface area contributed by atoms with Gasteiger partial charge < -0.3 is 4.74 Å². The molecule has 2 rings (SSSR count). The summed E-state index contributed by atoms with van der Waals surface area (Å²) in [5.74, 6) is -0.853. The monoisotopic (exact) mass is 388 g/mol. The second kappa shape index (κ2) is 7.70. The number of aromatic nitrogens is 1. The summed E-state index contributed by atoms with van der Waals surface area (Å²) in [6, 6.07) is 5.52. The standard InChI is InChI=1S/C15H14F2N2O4S2/c1-9-14(24-10(2)18-9)25(21,22)19-13(20)8-5-11-3-6-12(7-4-11)23-15(16)17/h3-8,15H,1-2H3,(H,19,20)/b8-5+. The number of carbonyl (C=O) groups is 1. The minimum absolute atomic E-state index is 0.0137. The van der Waals surface area contributed by atoms with Gasteiger partial charge in [0.15, 0.2) is 4.21 Å². The van der Waals surface area contributed by atoms with Gasteiger partial charge in [0.25, 0.3) is 15.9 Å². The number of nitrogens with one attached hydrogen (secondary N) is 1. The summed E-state index contributed by atoms with van der Waals surface area (Å²) in [6.45, 7) is 0.289. The van der Waals surface area contributed by atoms with Crippen molar-refractivity contribution in [2.75, 3.05) is 0 Å². The fourth-order valence-corrected chi connectivity index (χ4v) is 4.34. The molecular formula is C15H14F2N2O4S2. The first-order chi connectivity index (χ1) is 11.7. The molecule has 134 valence electrons. The Morgan fingerprint density at radius 1 is 1.28 bits per heavy atom. The number of thiazole rings is 1. The van der Waals surface area contributed by atoms with Crippen LogP contribution in [0.15, 0.2) is 34.6 Å². The molecule has 1 amide bonds. The van der Waals surface area contributed by atoms with Crippen LogP contribution in [0.3, 0.4) is 0 Å². The zero-order valence-electron chi connectivity index (χ0n) is 13.2. The van der Waals surface area contributed by atoms with Crippen molar-refractivity contribution in [1.82, 2.24) is 9.71 Å². The third-order valence-electron chi connectivity index (χ3n) is 2.87. The minimum Gasteiger partial charge on any atom is -0.435 e. The van der Waals surface area contributed by atoms with Crippen molar-refractivity contribution >= 4 is 33.3 Å².